The Morgan fingerprint density at radius 1 is 1.15 bits per heavy atom. The van der Waals surface area contributed by atoms with Gasteiger partial charge in [0.2, 0.25) is 0 Å². The van der Waals surface area contributed by atoms with Crippen LogP contribution in [0.25, 0.3) is 0 Å². The molecule has 0 radical (unpaired) electrons. The second kappa shape index (κ2) is 7.11. The molecule has 0 aliphatic carbocycles. The highest BCUT2D eigenvalue weighted by Gasteiger charge is 2.10. The maximum Gasteiger partial charge on any atom is 0.251 e. The van der Waals surface area contributed by atoms with E-state index in [-0.39, 0.29) is 11.9 Å². The van der Waals surface area contributed by atoms with Gasteiger partial charge < -0.3 is 5.32 Å². The van der Waals surface area contributed by atoms with E-state index in [0.29, 0.717) is 10.6 Å². The standard InChI is InChI=1S/C17H18ClNO/c1-13(10-11-14-6-3-2-4-7-14)19-17(20)15-8-5-9-16(18)12-15/h2-9,12-13H,10-11H2,1H3,(H,19,20)/t13-/m0/s1. The molecule has 1 atom stereocenters. The Morgan fingerprint density at radius 2 is 1.90 bits per heavy atom. The highest BCUT2D eigenvalue weighted by molar-refractivity contribution is 6.30. The Labute approximate surface area is 124 Å². The Kier molecular flexibility index (Phi) is 5.19. The van der Waals surface area contributed by atoms with E-state index in [0.717, 1.165) is 12.8 Å². The van der Waals surface area contributed by atoms with Crippen molar-refractivity contribution in [1.29, 1.82) is 0 Å². The van der Waals surface area contributed by atoms with Gasteiger partial charge in [0.15, 0.2) is 0 Å². The van der Waals surface area contributed by atoms with Gasteiger partial charge in [-0.1, -0.05) is 48.0 Å². The smallest absolute Gasteiger partial charge is 0.251 e. The number of benzene rings is 2. The summed E-state index contributed by atoms with van der Waals surface area (Å²) in [6, 6.07) is 17.4. The molecule has 0 aliphatic rings. The lowest BCUT2D eigenvalue weighted by molar-refractivity contribution is 0.0938. The van der Waals surface area contributed by atoms with E-state index >= 15 is 0 Å². The van der Waals surface area contributed by atoms with E-state index in [4.69, 9.17) is 11.6 Å². The van der Waals surface area contributed by atoms with Crippen molar-refractivity contribution >= 4 is 17.5 Å². The first kappa shape index (κ1) is 14.6. The van der Waals surface area contributed by atoms with Crippen molar-refractivity contribution in [3.8, 4) is 0 Å². The molecule has 2 aromatic carbocycles. The molecule has 3 heteroatoms. The summed E-state index contributed by atoms with van der Waals surface area (Å²) in [6.45, 7) is 2.02. The molecular formula is C17H18ClNO. The lowest BCUT2D eigenvalue weighted by Gasteiger charge is -2.14. The number of rotatable bonds is 5. The molecule has 0 bridgehead atoms. The second-order valence-electron chi connectivity index (χ2n) is 4.91. The predicted octanol–water partition coefficient (Wildman–Crippen LogP) is 4.09. The quantitative estimate of drug-likeness (QED) is 0.882. The van der Waals surface area contributed by atoms with Gasteiger partial charge in [-0.15, -0.1) is 0 Å². The predicted molar refractivity (Wildman–Crippen MR) is 83.1 cm³/mol. The maximum atomic E-state index is 12.0. The number of nitrogens with one attached hydrogen (secondary N) is 1. The third kappa shape index (κ3) is 4.39. The van der Waals surface area contributed by atoms with Crippen LogP contribution < -0.4 is 5.32 Å². The van der Waals surface area contributed by atoms with Gasteiger partial charge in [0.25, 0.3) is 5.91 Å². The third-order valence-electron chi connectivity index (χ3n) is 3.17. The number of carbonyl (C=O) groups excluding carboxylic acids is 1. The fraction of sp³-hybridized carbons (Fsp3) is 0.235. The molecule has 0 unspecified atom stereocenters. The van der Waals surface area contributed by atoms with Gasteiger partial charge in [-0.3, -0.25) is 4.79 Å². The topological polar surface area (TPSA) is 29.1 Å². The summed E-state index contributed by atoms with van der Waals surface area (Å²) in [4.78, 5) is 12.0. The van der Waals surface area contributed by atoms with E-state index in [1.807, 2.05) is 25.1 Å². The molecule has 0 spiro atoms. The summed E-state index contributed by atoms with van der Waals surface area (Å²) in [5.41, 5.74) is 1.89. The molecule has 2 nitrogen and oxygen atoms in total. The minimum Gasteiger partial charge on any atom is -0.350 e. The fourth-order valence-electron chi connectivity index (χ4n) is 2.04. The number of carbonyl (C=O) groups is 1. The lowest BCUT2D eigenvalue weighted by Crippen LogP contribution is -2.32. The maximum absolute atomic E-state index is 12.0. The summed E-state index contributed by atoms with van der Waals surface area (Å²) in [7, 11) is 0. The minimum absolute atomic E-state index is 0.0759. The van der Waals surface area contributed by atoms with Gasteiger partial charge in [-0.05, 0) is 43.5 Å². The third-order valence-corrected chi connectivity index (χ3v) is 3.41. The number of aryl methyl sites for hydroxylation is 1. The molecule has 0 fully saturated rings. The van der Waals surface area contributed by atoms with Gasteiger partial charge >= 0.3 is 0 Å². The number of hydrogen-bond donors (Lipinski definition) is 1. The van der Waals surface area contributed by atoms with Crippen molar-refractivity contribution in [3.63, 3.8) is 0 Å². The molecule has 2 rings (SSSR count). The summed E-state index contributed by atoms with van der Waals surface area (Å²) in [6.07, 6.45) is 1.87. The van der Waals surface area contributed by atoms with Crippen molar-refractivity contribution in [1.82, 2.24) is 5.32 Å². The minimum atomic E-state index is -0.0759. The van der Waals surface area contributed by atoms with Gasteiger partial charge in [0, 0.05) is 16.6 Å². The van der Waals surface area contributed by atoms with Crippen molar-refractivity contribution in [3.05, 3.63) is 70.7 Å². The van der Waals surface area contributed by atoms with Gasteiger partial charge in [0.05, 0.1) is 0 Å². The van der Waals surface area contributed by atoms with E-state index in [1.165, 1.54) is 5.56 Å². The van der Waals surface area contributed by atoms with Crippen LogP contribution in [0.1, 0.15) is 29.3 Å². The monoisotopic (exact) mass is 287 g/mol. The van der Waals surface area contributed by atoms with Crippen molar-refractivity contribution in [2.24, 2.45) is 0 Å². The molecule has 0 aromatic heterocycles. The Bertz CT molecular complexity index is 568. The fourth-order valence-corrected chi connectivity index (χ4v) is 2.23. The van der Waals surface area contributed by atoms with E-state index in [1.54, 1.807) is 24.3 Å². The molecule has 2 aromatic rings. The SMILES string of the molecule is C[C@@H](CCc1ccccc1)NC(=O)c1cccc(Cl)c1. The van der Waals surface area contributed by atoms with Crippen molar-refractivity contribution in [2.45, 2.75) is 25.8 Å². The van der Waals surface area contributed by atoms with E-state index in [9.17, 15) is 4.79 Å². The van der Waals surface area contributed by atoms with Crippen molar-refractivity contribution in [2.75, 3.05) is 0 Å². The highest BCUT2D eigenvalue weighted by atomic mass is 35.5. The summed E-state index contributed by atoms with van der Waals surface area (Å²) in [5.74, 6) is -0.0759. The van der Waals surface area contributed by atoms with Crippen molar-refractivity contribution < 1.29 is 4.79 Å². The lowest BCUT2D eigenvalue weighted by atomic mass is 10.1. The van der Waals surface area contributed by atoms with Crippen LogP contribution in [0, 0.1) is 0 Å². The zero-order valence-corrected chi connectivity index (χ0v) is 12.2. The zero-order chi connectivity index (χ0) is 14.4. The number of halogens is 1. The zero-order valence-electron chi connectivity index (χ0n) is 11.5. The average Bonchev–Trinajstić information content (AvgIpc) is 2.46. The van der Waals surface area contributed by atoms with Crippen LogP contribution in [0.4, 0.5) is 0 Å². The van der Waals surface area contributed by atoms with Crippen LogP contribution in [0.15, 0.2) is 54.6 Å². The van der Waals surface area contributed by atoms with Gasteiger partial charge in [0.1, 0.15) is 0 Å². The molecule has 0 aliphatic heterocycles. The first-order valence-electron chi connectivity index (χ1n) is 6.75. The molecule has 104 valence electrons. The largest absolute Gasteiger partial charge is 0.350 e. The number of amides is 1. The number of hydrogen-bond acceptors (Lipinski definition) is 1. The Balaban J connectivity index is 1.85. The molecule has 20 heavy (non-hydrogen) atoms. The first-order chi connectivity index (χ1) is 9.65. The van der Waals surface area contributed by atoms with E-state index < -0.39 is 0 Å². The van der Waals surface area contributed by atoms with Crippen LogP contribution in [0.3, 0.4) is 0 Å². The van der Waals surface area contributed by atoms with E-state index in [2.05, 4.69) is 17.4 Å². The highest BCUT2D eigenvalue weighted by Crippen LogP contribution is 2.11. The first-order valence-corrected chi connectivity index (χ1v) is 7.13. The summed E-state index contributed by atoms with van der Waals surface area (Å²) in [5, 5.41) is 3.57. The van der Waals surface area contributed by atoms with Crippen LogP contribution >= 0.6 is 11.6 Å². The molecule has 0 heterocycles. The summed E-state index contributed by atoms with van der Waals surface area (Å²) >= 11 is 5.89. The van der Waals surface area contributed by atoms with Crippen LogP contribution in [0.2, 0.25) is 5.02 Å². The van der Waals surface area contributed by atoms with Crippen LogP contribution in [-0.4, -0.2) is 11.9 Å². The van der Waals surface area contributed by atoms with Crippen LogP contribution in [0.5, 0.6) is 0 Å². The summed E-state index contributed by atoms with van der Waals surface area (Å²) < 4.78 is 0. The van der Waals surface area contributed by atoms with Crippen LogP contribution in [-0.2, 0) is 6.42 Å². The average molecular weight is 288 g/mol. The van der Waals surface area contributed by atoms with Gasteiger partial charge in [-0.25, -0.2) is 0 Å². The Morgan fingerprint density at radius 3 is 2.60 bits per heavy atom. The second-order valence-corrected chi connectivity index (χ2v) is 5.35. The molecule has 0 saturated heterocycles. The molecular weight excluding hydrogens is 270 g/mol. The Hall–Kier alpha value is -1.80. The molecule has 1 amide bonds. The molecule has 0 saturated carbocycles. The van der Waals surface area contributed by atoms with Gasteiger partial charge in [-0.2, -0.15) is 0 Å². The normalized spacial score (nSPS) is 11.9. The molecule has 1 N–H and O–H groups in total.